The Morgan fingerprint density at radius 2 is 1.84 bits per heavy atom. The number of methoxy groups -OCH3 is 2. The molecule has 1 aliphatic heterocycles. The quantitative estimate of drug-likeness (QED) is 0.485. The number of ketones is 1. The number of aliphatic hydroxyl groups is 1. The van der Waals surface area contributed by atoms with Gasteiger partial charge in [-0.05, 0) is 55.0 Å². The number of carbonyl (C=O) groups is 2. The van der Waals surface area contributed by atoms with E-state index in [1.165, 1.54) is 12.0 Å². The van der Waals surface area contributed by atoms with E-state index in [2.05, 4.69) is 15.9 Å². The number of carbonyl (C=O) groups excluding carboxylic acids is 2. The molecule has 2 aromatic carbocycles. The SMILES string of the molecule is COc1ccc(CN2C(=O)C(O)(CC(=O)c3ccc(C)o3)c3cc(Br)ccc32)cc1OC. The molecule has 1 N–H and O–H groups in total. The third-order valence-electron chi connectivity index (χ3n) is 5.51. The van der Waals surface area contributed by atoms with Gasteiger partial charge in [0.25, 0.3) is 5.91 Å². The summed E-state index contributed by atoms with van der Waals surface area (Å²) in [7, 11) is 3.09. The minimum atomic E-state index is -2.01. The normalized spacial score (nSPS) is 17.4. The monoisotopic (exact) mass is 499 g/mol. The average molecular weight is 500 g/mol. The number of amides is 1. The fourth-order valence-electron chi connectivity index (χ4n) is 3.92. The molecule has 3 aromatic rings. The number of benzene rings is 2. The second-order valence-corrected chi connectivity index (χ2v) is 8.53. The standard InChI is InChI=1S/C24H22BrNO6/c1-14-4-8-20(32-14)19(27)12-24(29)17-11-16(25)6-7-18(17)26(23(24)28)13-15-5-9-21(30-2)22(10-15)31-3/h4-11,29H,12-13H2,1-3H3. The van der Waals surface area contributed by atoms with Gasteiger partial charge in [-0.25, -0.2) is 0 Å². The van der Waals surface area contributed by atoms with E-state index < -0.39 is 23.7 Å². The Labute approximate surface area is 193 Å². The summed E-state index contributed by atoms with van der Waals surface area (Å²) in [5.41, 5.74) is -0.317. The topological polar surface area (TPSA) is 89.2 Å². The second kappa shape index (κ2) is 8.44. The number of anilines is 1. The smallest absolute Gasteiger partial charge is 0.264 e. The highest BCUT2D eigenvalue weighted by molar-refractivity contribution is 9.10. The summed E-state index contributed by atoms with van der Waals surface area (Å²) in [4.78, 5) is 27.8. The molecular formula is C24H22BrNO6. The van der Waals surface area contributed by atoms with Gasteiger partial charge in [0.1, 0.15) is 5.76 Å². The number of rotatable bonds is 7. The number of aryl methyl sites for hydroxylation is 1. The van der Waals surface area contributed by atoms with Crippen LogP contribution in [0.4, 0.5) is 5.69 Å². The Morgan fingerprint density at radius 1 is 1.09 bits per heavy atom. The van der Waals surface area contributed by atoms with Crippen LogP contribution < -0.4 is 14.4 Å². The van der Waals surface area contributed by atoms with Crippen LogP contribution in [0.5, 0.6) is 11.5 Å². The molecule has 1 unspecified atom stereocenters. The minimum Gasteiger partial charge on any atom is -0.493 e. The van der Waals surface area contributed by atoms with Crippen molar-refractivity contribution in [3.8, 4) is 11.5 Å². The molecular weight excluding hydrogens is 478 g/mol. The van der Waals surface area contributed by atoms with Gasteiger partial charge in [-0.2, -0.15) is 0 Å². The summed E-state index contributed by atoms with van der Waals surface area (Å²) in [5, 5.41) is 11.5. The molecule has 0 spiro atoms. The molecule has 0 saturated heterocycles. The highest BCUT2D eigenvalue weighted by Gasteiger charge is 2.51. The Balaban J connectivity index is 1.70. The number of nitrogens with zero attached hydrogens (tertiary/aromatic N) is 1. The summed E-state index contributed by atoms with van der Waals surface area (Å²) in [5.74, 6) is 0.773. The molecule has 1 aromatic heterocycles. The molecule has 7 nitrogen and oxygen atoms in total. The highest BCUT2D eigenvalue weighted by Crippen LogP contribution is 2.45. The first-order valence-corrected chi connectivity index (χ1v) is 10.7. The third-order valence-corrected chi connectivity index (χ3v) is 6.01. The number of furan rings is 1. The van der Waals surface area contributed by atoms with Crippen molar-refractivity contribution in [1.82, 2.24) is 0 Å². The lowest BCUT2D eigenvalue weighted by molar-refractivity contribution is -0.136. The molecule has 0 aliphatic carbocycles. The number of hydrogen-bond donors (Lipinski definition) is 1. The summed E-state index contributed by atoms with van der Waals surface area (Å²) in [6.45, 7) is 1.91. The molecule has 1 amide bonds. The van der Waals surface area contributed by atoms with Crippen LogP contribution in [-0.2, 0) is 16.9 Å². The second-order valence-electron chi connectivity index (χ2n) is 7.61. The summed E-state index contributed by atoms with van der Waals surface area (Å²) < 4.78 is 16.7. The fourth-order valence-corrected chi connectivity index (χ4v) is 4.28. The number of halogens is 1. The van der Waals surface area contributed by atoms with Crippen molar-refractivity contribution >= 4 is 33.3 Å². The van der Waals surface area contributed by atoms with Crippen LogP contribution in [0.15, 0.2) is 57.4 Å². The van der Waals surface area contributed by atoms with Gasteiger partial charge in [-0.1, -0.05) is 22.0 Å². The average Bonchev–Trinajstić information content (AvgIpc) is 3.30. The van der Waals surface area contributed by atoms with Crippen molar-refractivity contribution in [1.29, 1.82) is 0 Å². The predicted octanol–water partition coefficient (Wildman–Crippen LogP) is 4.38. The van der Waals surface area contributed by atoms with E-state index in [-0.39, 0.29) is 12.3 Å². The van der Waals surface area contributed by atoms with Gasteiger partial charge in [0.2, 0.25) is 5.78 Å². The van der Waals surface area contributed by atoms with E-state index in [9.17, 15) is 14.7 Å². The maximum Gasteiger partial charge on any atom is 0.264 e. The highest BCUT2D eigenvalue weighted by atomic mass is 79.9. The van der Waals surface area contributed by atoms with Crippen LogP contribution in [0.2, 0.25) is 0 Å². The number of ether oxygens (including phenoxy) is 2. The van der Waals surface area contributed by atoms with Gasteiger partial charge in [0, 0.05) is 10.0 Å². The predicted molar refractivity (Wildman–Crippen MR) is 121 cm³/mol. The van der Waals surface area contributed by atoms with Crippen LogP contribution in [0.3, 0.4) is 0 Å². The first kappa shape index (κ1) is 22.1. The van der Waals surface area contributed by atoms with Gasteiger partial charge < -0.3 is 23.9 Å². The van der Waals surface area contributed by atoms with E-state index in [1.54, 1.807) is 56.5 Å². The van der Waals surface area contributed by atoms with Gasteiger partial charge in [0.15, 0.2) is 22.9 Å². The number of Topliss-reactive ketones (excluding diaryl/α,β-unsaturated/α-hetero) is 1. The summed E-state index contributed by atoms with van der Waals surface area (Å²) >= 11 is 3.40. The van der Waals surface area contributed by atoms with Gasteiger partial charge in [-0.3, -0.25) is 9.59 Å². The van der Waals surface area contributed by atoms with E-state index in [1.807, 2.05) is 6.07 Å². The molecule has 166 valence electrons. The molecule has 4 rings (SSSR count). The lowest BCUT2D eigenvalue weighted by Gasteiger charge is -2.23. The van der Waals surface area contributed by atoms with E-state index in [0.29, 0.717) is 33.0 Å². The maximum atomic E-state index is 13.5. The van der Waals surface area contributed by atoms with E-state index in [0.717, 1.165) is 5.56 Å². The first-order valence-electron chi connectivity index (χ1n) is 9.91. The Kier molecular flexibility index (Phi) is 5.83. The zero-order valence-corrected chi connectivity index (χ0v) is 19.4. The summed E-state index contributed by atoms with van der Waals surface area (Å²) in [6, 6.07) is 13.8. The molecule has 32 heavy (non-hydrogen) atoms. The van der Waals surface area contributed by atoms with Crippen molar-refractivity contribution < 1.29 is 28.6 Å². The first-order chi connectivity index (χ1) is 15.3. The third kappa shape index (κ3) is 3.80. The molecule has 0 fully saturated rings. The van der Waals surface area contributed by atoms with Crippen molar-refractivity contribution in [3.05, 3.63) is 75.7 Å². The Morgan fingerprint density at radius 3 is 2.50 bits per heavy atom. The minimum absolute atomic E-state index is 0.110. The lowest BCUT2D eigenvalue weighted by atomic mass is 9.89. The molecule has 8 heteroatoms. The zero-order chi connectivity index (χ0) is 23.0. The molecule has 2 heterocycles. The number of hydrogen-bond acceptors (Lipinski definition) is 6. The maximum absolute atomic E-state index is 13.5. The Hall–Kier alpha value is -3.10. The molecule has 0 radical (unpaired) electrons. The van der Waals surface area contributed by atoms with Crippen molar-refractivity contribution in [2.75, 3.05) is 19.1 Å². The van der Waals surface area contributed by atoms with Gasteiger partial charge >= 0.3 is 0 Å². The summed E-state index contributed by atoms with van der Waals surface area (Å²) in [6.07, 6.45) is -0.426. The zero-order valence-electron chi connectivity index (χ0n) is 17.8. The fraction of sp³-hybridized carbons (Fsp3) is 0.250. The van der Waals surface area contributed by atoms with Crippen molar-refractivity contribution in [2.24, 2.45) is 0 Å². The van der Waals surface area contributed by atoms with Crippen LogP contribution >= 0.6 is 15.9 Å². The lowest BCUT2D eigenvalue weighted by Crippen LogP contribution is -2.41. The van der Waals surface area contributed by atoms with Crippen LogP contribution in [0, 0.1) is 6.92 Å². The molecule has 1 aliphatic rings. The van der Waals surface area contributed by atoms with Crippen LogP contribution in [0.1, 0.15) is 33.9 Å². The van der Waals surface area contributed by atoms with Gasteiger partial charge in [0.05, 0.1) is 32.9 Å². The number of fused-ring (bicyclic) bond motifs is 1. The van der Waals surface area contributed by atoms with Crippen molar-refractivity contribution in [3.63, 3.8) is 0 Å². The van der Waals surface area contributed by atoms with E-state index >= 15 is 0 Å². The molecule has 1 atom stereocenters. The Bertz CT molecular complexity index is 1200. The molecule has 0 saturated carbocycles. The van der Waals surface area contributed by atoms with Crippen LogP contribution in [-0.4, -0.2) is 31.0 Å². The van der Waals surface area contributed by atoms with Crippen LogP contribution in [0.25, 0.3) is 0 Å². The molecule has 0 bridgehead atoms. The largest absolute Gasteiger partial charge is 0.493 e. The van der Waals surface area contributed by atoms with E-state index in [4.69, 9.17) is 13.9 Å². The van der Waals surface area contributed by atoms with Gasteiger partial charge in [-0.15, -0.1) is 0 Å². The van der Waals surface area contributed by atoms with Crippen molar-refractivity contribution in [2.45, 2.75) is 25.5 Å².